The van der Waals surface area contributed by atoms with Crippen LogP contribution in [0.25, 0.3) is 87.2 Å². The van der Waals surface area contributed by atoms with Crippen LogP contribution in [-0.2, 0) is 0 Å². The lowest BCUT2D eigenvalue weighted by Gasteiger charge is -2.08. The van der Waals surface area contributed by atoms with E-state index in [0.29, 0.717) is 0 Å². The molecule has 0 saturated carbocycles. The van der Waals surface area contributed by atoms with Gasteiger partial charge in [-0.05, 0) is 234 Å². The Labute approximate surface area is 680 Å². The lowest BCUT2D eigenvalue weighted by molar-refractivity contribution is 1.05. The minimum Gasteiger partial charge on any atom is -0.265 e. The molecule has 0 amide bonds. The Hall–Kier alpha value is -14.2. The Kier molecular flexibility index (Phi) is 34.8. The molecule has 0 aliphatic carbocycles. The molecule has 19 rings (SSSR count). The number of nitrogens with zero attached hydrogens (tertiary/aromatic N) is 9. The Morgan fingerprint density at radius 2 is 0.609 bits per heavy atom. The minimum absolute atomic E-state index is 0.822. The predicted molar refractivity (Wildman–Crippen MR) is 487 cm³/mol. The van der Waals surface area contributed by atoms with Gasteiger partial charge in [-0.3, -0.25) is 15.0 Å². The Bertz CT molecular complexity index is 5570. The summed E-state index contributed by atoms with van der Waals surface area (Å²) in [5, 5.41) is 13.2. The highest BCUT2D eigenvalue weighted by Crippen LogP contribution is 2.32. The molecule has 0 bridgehead atoms. The molecule has 570 valence electrons. The van der Waals surface area contributed by atoms with Crippen molar-refractivity contribution in [1.82, 2.24) is 44.9 Å². The van der Waals surface area contributed by atoms with E-state index in [0.717, 1.165) is 22.8 Å². The van der Waals surface area contributed by atoms with Gasteiger partial charge in [0, 0.05) is 73.4 Å². The van der Waals surface area contributed by atoms with Gasteiger partial charge < -0.3 is 0 Å². The number of aromatic nitrogens is 9. The standard InChI is InChI=1S/3C17H14.2C11H10.3C6H7N.3C5H6N2/c1-13-11-15-9-5-6-10-16(15)17(12-13)14-7-3-2-4-8-14;1-13-10-11-17-15(12-13)8-5-9-16(17)14-6-3-2-4-7-14;1-13-7-8-17-12-16(10-9-15(17)11-13)14-5-3-2-4-6-14;2*1-9-6-7-10-4-2-3-5-11(10)8-9;1-6-2-4-7-5-3-6;1-6-3-2-4-7-5-6;1-6-4-2-3-5-7-6;1-5-2-6-4-7-3-5;1-5-2-3-6-4-7-5;1-5-6-3-2-4-7-5/h3*2-12H,1H3;2*2-8H,1H3;3*2-5H,1H3;3*2-4H,1H3. The number of hydrogen-bond acceptors (Lipinski definition) is 9. The van der Waals surface area contributed by atoms with Crippen LogP contribution in [0, 0.1) is 76.2 Å². The van der Waals surface area contributed by atoms with E-state index >= 15 is 0 Å². The van der Waals surface area contributed by atoms with Crippen LogP contribution in [0.4, 0.5) is 0 Å². The summed E-state index contributed by atoms with van der Waals surface area (Å²) in [5.74, 6) is 0.822. The Balaban J connectivity index is 0.000000148. The van der Waals surface area contributed by atoms with Gasteiger partial charge in [-0.2, -0.15) is 0 Å². The van der Waals surface area contributed by atoms with Crippen molar-refractivity contribution in [2.45, 2.75) is 76.2 Å². The van der Waals surface area contributed by atoms with Gasteiger partial charge >= 0.3 is 0 Å². The molecule has 0 N–H and O–H groups in total. The zero-order valence-corrected chi connectivity index (χ0v) is 67.8. The summed E-state index contributed by atoms with van der Waals surface area (Å²) in [6.45, 7) is 22.4. The third-order valence-corrected chi connectivity index (χ3v) is 17.7. The maximum atomic E-state index is 3.98. The fourth-order valence-corrected chi connectivity index (χ4v) is 11.8. The summed E-state index contributed by atoms with van der Waals surface area (Å²) >= 11 is 0. The smallest absolute Gasteiger partial charge is 0.125 e. The van der Waals surface area contributed by atoms with Gasteiger partial charge in [-0.25, -0.2) is 29.9 Å². The maximum absolute atomic E-state index is 3.98. The first-order valence-electron chi connectivity index (χ1n) is 38.5. The van der Waals surface area contributed by atoms with Crippen molar-refractivity contribution in [1.29, 1.82) is 0 Å². The van der Waals surface area contributed by atoms with Gasteiger partial charge in [0.15, 0.2) is 0 Å². The molecule has 0 radical (unpaired) electrons. The van der Waals surface area contributed by atoms with Crippen LogP contribution in [0.5, 0.6) is 0 Å². The van der Waals surface area contributed by atoms with Gasteiger partial charge in [0.1, 0.15) is 18.5 Å². The molecule has 13 aromatic carbocycles. The quantitative estimate of drug-likeness (QED) is 0.170. The summed E-state index contributed by atoms with van der Waals surface area (Å²) in [6, 6.07) is 118. The second-order valence-corrected chi connectivity index (χ2v) is 27.5. The average Bonchev–Trinajstić information content (AvgIpc) is 0.808. The van der Waals surface area contributed by atoms with Gasteiger partial charge in [0.2, 0.25) is 0 Å². The van der Waals surface area contributed by atoms with Crippen molar-refractivity contribution < 1.29 is 0 Å². The van der Waals surface area contributed by atoms with Gasteiger partial charge in [0.25, 0.3) is 0 Å². The van der Waals surface area contributed by atoms with Crippen LogP contribution >= 0.6 is 0 Å². The summed E-state index contributed by atoms with van der Waals surface area (Å²) < 4.78 is 0. The molecular formula is C106H101N9. The summed E-state index contributed by atoms with van der Waals surface area (Å²) in [7, 11) is 0. The third kappa shape index (κ3) is 30.2. The van der Waals surface area contributed by atoms with Crippen LogP contribution in [0.2, 0.25) is 0 Å². The first kappa shape index (κ1) is 84.9. The number of fused-ring (bicyclic) bond motifs is 5. The number of benzene rings is 13. The van der Waals surface area contributed by atoms with Crippen LogP contribution < -0.4 is 0 Å². The van der Waals surface area contributed by atoms with Crippen molar-refractivity contribution in [2.24, 2.45) is 0 Å². The van der Waals surface area contributed by atoms with Gasteiger partial charge in [-0.15, -0.1) is 0 Å². The van der Waals surface area contributed by atoms with E-state index in [9.17, 15) is 0 Å². The molecule has 9 nitrogen and oxygen atoms in total. The molecule has 19 aromatic rings. The van der Waals surface area contributed by atoms with E-state index in [4.69, 9.17) is 0 Å². The zero-order valence-electron chi connectivity index (χ0n) is 67.8. The SMILES string of the molecule is Cc1cc(-c2ccccc2)c2ccccc2c1.Cc1ccc2c(-c3ccccc3)cccc2c1.Cc1ccc2cc(-c3ccccc3)ccc2c1.Cc1ccc2ccccc2c1.Cc1ccc2ccccc2c1.Cc1ccccn1.Cc1cccnc1.Cc1ccncc1.Cc1ccncn1.Cc1cncnc1.Cc1ncccn1. The molecular weight excluding hydrogens is 1400 g/mol. The number of rotatable bonds is 3. The van der Waals surface area contributed by atoms with Gasteiger partial charge in [-0.1, -0.05) is 313 Å². The molecule has 0 saturated heterocycles. The number of hydrogen-bond donors (Lipinski definition) is 0. The Morgan fingerprint density at radius 1 is 0.174 bits per heavy atom. The zero-order chi connectivity index (χ0) is 81.0. The second kappa shape index (κ2) is 47.1. The monoisotopic (exact) mass is 1500 g/mol. The lowest BCUT2D eigenvalue weighted by Crippen LogP contribution is -1.83. The van der Waals surface area contributed by atoms with Gasteiger partial charge in [0.05, 0.1) is 0 Å². The normalized spacial score (nSPS) is 9.87. The number of pyridine rings is 3. The van der Waals surface area contributed by atoms with Crippen molar-refractivity contribution in [3.8, 4) is 33.4 Å². The molecule has 0 atom stereocenters. The summed E-state index contributed by atoms with van der Waals surface area (Å²) in [5.41, 5.74) is 20.0. The molecule has 6 aromatic heterocycles. The van der Waals surface area contributed by atoms with Crippen LogP contribution in [0.1, 0.15) is 61.7 Å². The van der Waals surface area contributed by atoms with E-state index < -0.39 is 0 Å². The average molecular weight is 1500 g/mol. The molecule has 0 fully saturated rings. The third-order valence-electron chi connectivity index (χ3n) is 17.7. The highest BCUT2D eigenvalue weighted by molar-refractivity contribution is 5.98. The first-order chi connectivity index (χ1) is 56.1. The molecule has 0 aliphatic heterocycles. The lowest BCUT2D eigenvalue weighted by atomic mass is 9.96. The minimum atomic E-state index is 0.822. The van der Waals surface area contributed by atoms with Crippen LogP contribution in [0.15, 0.2) is 414 Å². The molecule has 6 heterocycles. The van der Waals surface area contributed by atoms with Crippen molar-refractivity contribution in [2.75, 3.05) is 0 Å². The predicted octanol–water partition coefficient (Wildman–Crippen LogP) is 27.3. The maximum Gasteiger partial charge on any atom is 0.125 e. The summed E-state index contributed by atoms with van der Waals surface area (Å²) in [6.07, 6.45) is 20.7. The summed E-state index contributed by atoms with van der Waals surface area (Å²) in [4.78, 5) is 34.6. The molecule has 9 heteroatoms. The van der Waals surface area contributed by atoms with Crippen molar-refractivity contribution >= 4 is 53.9 Å². The molecule has 0 spiro atoms. The van der Waals surface area contributed by atoms with E-state index in [1.165, 1.54) is 139 Å². The fourth-order valence-electron chi connectivity index (χ4n) is 11.8. The largest absolute Gasteiger partial charge is 0.265 e. The van der Waals surface area contributed by atoms with E-state index in [1.54, 1.807) is 61.8 Å². The number of aryl methyl sites for hydroxylation is 11. The first-order valence-corrected chi connectivity index (χ1v) is 38.5. The van der Waals surface area contributed by atoms with Crippen LogP contribution in [-0.4, -0.2) is 44.9 Å². The highest BCUT2D eigenvalue weighted by Gasteiger charge is 2.06. The second-order valence-electron chi connectivity index (χ2n) is 27.5. The molecule has 0 unspecified atom stereocenters. The van der Waals surface area contributed by atoms with E-state index in [-0.39, 0.29) is 0 Å². The molecule has 0 aliphatic rings. The van der Waals surface area contributed by atoms with E-state index in [2.05, 4.69) is 359 Å². The highest BCUT2D eigenvalue weighted by atomic mass is 14.8. The topological polar surface area (TPSA) is 116 Å². The van der Waals surface area contributed by atoms with Crippen molar-refractivity contribution in [3.05, 3.63) is 476 Å². The Morgan fingerprint density at radius 3 is 1.06 bits per heavy atom. The fraction of sp³-hybridized carbons (Fsp3) is 0.104. The van der Waals surface area contributed by atoms with E-state index in [1.807, 2.05) is 102 Å². The van der Waals surface area contributed by atoms with Crippen LogP contribution in [0.3, 0.4) is 0 Å². The van der Waals surface area contributed by atoms with Crippen molar-refractivity contribution in [3.63, 3.8) is 0 Å². The molecule has 115 heavy (non-hydrogen) atoms.